The van der Waals surface area contributed by atoms with Crippen LogP contribution in [0.4, 0.5) is 0 Å². The lowest BCUT2D eigenvalue weighted by atomic mass is 10.2. The molecule has 0 atom stereocenters. The molecule has 2 nitrogen and oxygen atoms in total. The predicted octanol–water partition coefficient (Wildman–Crippen LogP) is 1.79. The van der Waals surface area contributed by atoms with E-state index in [1.807, 2.05) is 12.1 Å². The van der Waals surface area contributed by atoms with Crippen LogP contribution in [0.25, 0.3) is 0 Å². The summed E-state index contributed by atoms with van der Waals surface area (Å²) in [6.45, 7) is 0. The lowest BCUT2D eigenvalue weighted by molar-refractivity contribution is -0.105. The molecule has 0 unspecified atom stereocenters. The topological polar surface area (TPSA) is 34.1 Å². The Balaban J connectivity index is 2.81. The van der Waals surface area contributed by atoms with Crippen molar-refractivity contribution >= 4 is 24.3 Å². The van der Waals surface area contributed by atoms with Crippen LogP contribution in [0.15, 0.2) is 29.2 Å². The van der Waals surface area contributed by atoms with Gasteiger partial charge in [-0.25, -0.2) is 0 Å². The first-order chi connectivity index (χ1) is 5.88. The Hall–Kier alpha value is -1.09. The molecule has 1 rings (SSSR count). The zero-order valence-corrected chi connectivity index (χ0v) is 7.21. The van der Waals surface area contributed by atoms with Crippen LogP contribution >= 0.6 is 11.8 Å². The monoisotopic (exact) mass is 180 g/mol. The van der Waals surface area contributed by atoms with Crippen LogP contribution < -0.4 is 0 Å². The number of carbonyl (C=O) groups is 2. The summed E-state index contributed by atoms with van der Waals surface area (Å²) in [5.41, 5.74) is 0.643. The maximum absolute atomic E-state index is 10.5. The molecule has 0 aliphatic heterocycles. The molecule has 0 saturated carbocycles. The van der Waals surface area contributed by atoms with Crippen LogP contribution in [-0.2, 0) is 4.79 Å². The average molecular weight is 180 g/mol. The lowest BCUT2D eigenvalue weighted by Crippen LogP contribution is -1.86. The zero-order valence-electron chi connectivity index (χ0n) is 6.40. The molecule has 0 heterocycles. The molecule has 0 fully saturated rings. The van der Waals surface area contributed by atoms with E-state index >= 15 is 0 Å². The molecular weight excluding hydrogens is 172 g/mol. The van der Waals surface area contributed by atoms with Gasteiger partial charge in [0, 0.05) is 10.5 Å². The Morgan fingerprint density at radius 2 is 2.00 bits per heavy atom. The molecule has 0 N–H and O–H groups in total. The van der Waals surface area contributed by atoms with Gasteiger partial charge in [0.25, 0.3) is 0 Å². The quantitative estimate of drug-likeness (QED) is 0.523. The smallest absolute Gasteiger partial charge is 0.151 e. The van der Waals surface area contributed by atoms with Crippen LogP contribution in [0.3, 0.4) is 0 Å². The number of thioether (sulfide) groups is 1. The summed E-state index contributed by atoms with van der Waals surface area (Å²) in [5.74, 6) is 0.394. The SMILES string of the molecule is O=CCSc1ccccc1C=O. The first kappa shape index (κ1) is 9.00. The van der Waals surface area contributed by atoms with Gasteiger partial charge < -0.3 is 4.79 Å². The number of benzene rings is 1. The number of carbonyl (C=O) groups excluding carboxylic acids is 2. The fraction of sp³-hybridized carbons (Fsp3) is 0.111. The Bertz CT molecular complexity index is 284. The van der Waals surface area contributed by atoms with Gasteiger partial charge in [0.1, 0.15) is 6.29 Å². The highest BCUT2D eigenvalue weighted by Gasteiger charge is 1.98. The van der Waals surface area contributed by atoms with Gasteiger partial charge in [0.05, 0.1) is 5.75 Å². The highest BCUT2D eigenvalue weighted by atomic mass is 32.2. The third-order valence-electron chi connectivity index (χ3n) is 1.35. The van der Waals surface area contributed by atoms with Crippen LogP contribution in [0, 0.1) is 0 Å². The molecule has 0 radical (unpaired) electrons. The van der Waals surface area contributed by atoms with Gasteiger partial charge in [0.15, 0.2) is 6.29 Å². The van der Waals surface area contributed by atoms with Crippen molar-refractivity contribution in [3.8, 4) is 0 Å². The number of hydrogen-bond acceptors (Lipinski definition) is 3. The Kier molecular flexibility index (Phi) is 3.54. The van der Waals surface area contributed by atoms with E-state index in [4.69, 9.17) is 0 Å². The van der Waals surface area contributed by atoms with E-state index in [2.05, 4.69) is 0 Å². The minimum absolute atomic E-state index is 0.394. The van der Waals surface area contributed by atoms with Crippen LogP contribution in [0.1, 0.15) is 10.4 Å². The molecule has 0 saturated heterocycles. The second-order valence-corrected chi connectivity index (χ2v) is 3.20. The predicted molar refractivity (Wildman–Crippen MR) is 48.6 cm³/mol. The first-order valence-electron chi connectivity index (χ1n) is 3.49. The van der Waals surface area contributed by atoms with E-state index in [1.165, 1.54) is 11.8 Å². The molecule has 0 aliphatic carbocycles. The van der Waals surface area contributed by atoms with Crippen molar-refractivity contribution in [2.24, 2.45) is 0 Å². The van der Waals surface area contributed by atoms with Crippen molar-refractivity contribution in [2.75, 3.05) is 5.75 Å². The van der Waals surface area contributed by atoms with Gasteiger partial charge in [-0.05, 0) is 6.07 Å². The van der Waals surface area contributed by atoms with E-state index in [1.54, 1.807) is 12.1 Å². The fourth-order valence-corrected chi connectivity index (χ4v) is 1.54. The van der Waals surface area contributed by atoms with E-state index in [9.17, 15) is 9.59 Å². The van der Waals surface area contributed by atoms with Crippen LogP contribution in [-0.4, -0.2) is 18.3 Å². The molecular formula is C9H8O2S. The van der Waals surface area contributed by atoms with Crippen LogP contribution in [0.5, 0.6) is 0 Å². The van der Waals surface area contributed by atoms with Gasteiger partial charge >= 0.3 is 0 Å². The van der Waals surface area contributed by atoms with Crippen molar-refractivity contribution in [1.29, 1.82) is 0 Å². The average Bonchev–Trinajstić information content (AvgIpc) is 2.15. The standard InChI is InChI=1S/C9H8O2S/c10-5-6-12-9-4-2-1-3-8(9)7-11/h1-5,7H,6H2. The molecule has 0 bridgehead atoms. The third-order valence-corrected chi connectivity index (χ3v) is 2.34. The summed E-state index contributed by atoms with van der Waals surface area (Å²) in [5, 5.41) is 0. The molecule has 12 heavy (non-hydrogen) atoms. The number of rotatable bonds is 4. The van der Waals surface area contributed by atoms with Crippen molar-refractivity contribution in [3.63, 3.8) is 0 Å². The van der Waals surface area contributed by atoms with E-state index in [0.29, 0.717) is 11.3 Å². The van der Waals surface area contributed by atoms with E-state index in [0.717, 1.165) is 17.5 Å². The molecule has 62 valence electrons. The van der Waals surface area contributed by atoms with Gasteiger partial charge in [-0.1, -0.05) is 18.2 Å². The maximum Gasteiger partial charge on any atom is 0.151 e. The summed E-state index contributed by atoms with van der Waals surface area (Å²) >= 11 is 1.37. The summed E-state index contributed by atoms with van der Waals surface area (Å²) < 4.78 is 0. The summed E-state index contributed by atoms with van der Waals surface area (Å²) in [4.78, 5) is 21.4. The normalized spacial score (nSPS) is 9.33. The van der Waals surface area contributed by atoms with E-state index in [-0.39, 0.29) is 0 Å². The van der Waals surface area contributed by atoms with Gasteiger partial charge in [-0.2, -0.15) is 0 Å². The molecule has 1 aromatic rings. The third kappa shape index (κ3) is 2.20. The molecule has 0 aliphatic rings. The Morgan fingerprint density at radius 3 is 2.67 bits per heavy atom. The van der Waals surface area contributed by atoms with Crippen molar-refractivity contribution in [3.05, 3.63) is 29.8 Å². The molecule has 1 aromatic carbocycles. The number of aldehydes is 2. The van der Waals surface area contributed by atoms with Gasteiger partial charge in [-0.3, -0.25) is 4.79 Å². The van der Waals surface area contributed by atoms with Gasteiger partial charge in [0.2, 0.25) is 0 Å². The number of hydrogen-bond donors (Lipinski definition) is 0. The summed E-state index contributed by atoms with van der Waals surface area (Å²) in [6.07, 6.45) is 1.62. The summed E-state index contributed by atoms with van der Waals surface area (Å²) in [7, 11) is 0. The highest BCUT2D eigenvalue weighted by Crippen LogP contribution is 2.19. The minimum Gasteiger partial charge on any atom is -0.302 e. The largest absolute Gasteiger partial charge is 0.302 e. The zero-order chi connectivity index (χ0) is 8.81. The molecule has 3 heteroatoms. The highest BCUT2D eigenvalue weighted by molar-refractivity contribution is 8.00. The fourth-order valence-electron chi connectivity index (χ4n) is 0.833. The molecule has 0 aromatic heterocycles. The van der Waals surface area contributed by atoms with Crippen molar-refractivity contribution < 1.29 is 9.59 Å². The second-order valence-electron chi connectivity index (χ2n) is 2.13. The van der Waals surface area contributed by atoms with Crippen LogP contribution in [0.2, 0.25) is 0 Å². The second kappa shape index (κ2) is 4.72. The Morgan fingerprint density at radius 1 is 1.25 bits per heavy atom. The summed E-state index contributed by atoms with van der Waals surface area (Å²) in [6, 6.07) is 7.22. The Labute approximate surface area is 75.0 Å². The van der Waals surface area contributed by atoms with Gasteiger partial charge in [-0.15, -0.1) is 11.8 Å². The van der Waals surface area contributed by atoms with Crippen molar-refractivity contribution in [1.82, 2.24) is 0 Å². The lowest BCUT2D eigenvalue weighted by Gasteiger charge is -1.99. The van der Waals surface area contributed by atoms with E-state index < -0.39 is 0 Å². The molecule has 0 spiro atoms. The maximum atomic E-state index is 10.5. The van der Waals surface area contributed by atoms with Crippen molar-refractivity contribution in [2.45, 2.75) is 4.90 Å². The minimum atomic E-state index is 0.394. The first-order valence-corrected chi connectivity index (χ1v) is 4.47. The molecule has 0 amide bonds.